The summed E-state index contributed by atoms with van der Waals surface area (Å²) in [7, 11) is 0. The van der Waals surface area contributed by atoms with Crippen molar-refractivity contribution in [1.29, 1.82) is 0 Å². The molecule has 0 bridgehead atoms. The van der Waals surface area contributed by atoms with Gasteiger partial charge in [-0.1, -0.05) is 60.7 Å². The molecule has 177 valence electrons. The number of carbonyl (C=O) groups excluding carboxylic acids is 1. The molecule has 1 radical (unpaired) electrons. The molecule has 0 aliphatic rings. The van der Waals surface area contributed by atoms with Crippen LogP contribution in [0.15, 0.2) is 113 Å². The molecule has 0 saturated carbocycles. The molecule has 0 atom stereocenters. The number of aliphatic hydroxyl groups is 1. The molecule has 2 aromatic heterocycles. The number of ketones is 1. The zero-order chi connectivity index (χ0) is 23.9. The van der Waals surface area contributed by atoms with Crippen LogP contribution in [0.25, 0.3) is 44.7 Å². The number of hydrogen-bond donors (Lipinski definition) is 1. The van der Waals surface area contributed by atoms with Crippen molar-refractivity contribution >= 4 is 16.8 Å². The van der Waals surface area contributed by atoms with Crippen LogP contribution >= 0.6 is 0 Å². The molecular weight excluding hydrogens is 615 g/mol. The predicted octanol–water partition coefficient (Wildman–Crippen LogP) is 7.66. The molecule has 1 N–H and O–H groups in total. The van der Waals surface area contributed by atoms with Gasteiger partial charge in [-0.15, -0.1) is 35.4 Å². The summed E-state index contributed by atoms with van der Waals surface area (Å²) in [5.74, 6) is 0.784. The van der Waals surface area contributed by atoms with Crippen molar-refractivity contribution in [1.82, 2.24) is 4.98 Å². The Morgan fingerprint density at radius 1 is 0.886 bits per heavy atom. The number of rotatable bonds is 4. The second kappa shape index (κ2) is 12.1. The smallest absolute Gasteiger partial charge is 0.155 e. The fraction of sp³-hybridized carbons (Fsp3) is 0.0667. The van der Waals surface area contributed by atoms with Crippen LogP contribution in [-0.4, -0.2) is 15.9 Å². The summed E-state index contributed by atoms with van der Waals surface area (Å²) in [6, 6.07) is 33.9. The Labute approximate surface area is 218 Å². The van der Waals surface area contributed by atoms with Gasteiger partial charge in [-0.25, -0.2) is 0 Å². The fourth-order valence-corrected chi connectivity index (χ4v) is 3.61. The Hall–Kier alpha value is -3.79. The van der Waals surface area contributed by atoms with Crippen molar-refractivity contribution in [3.63, 3.8) is 0 Å². The third kappa shape index (κ3) is 6.63. The minimum atomic E-state index is -0.125. The number of hydrogen-bond acceptors (Lipinski definition) is 4. The van der Waals surface area contributed by atoms with E-state index >= 15 is 0 Å². The summed E-state index contributed by atoms with van der Waals surface area (Å²) in [6.45, 7) is 2.85. The minimum Gasteiger partial charge on any atom is -0.512 e. The number of fused-ring (bicyclic) bond motifs is 1. The molecule has 0 spiro atoms. The van der Waals surface area contributed by atoms with E-state index in [1.807, 2.05) is 66.9 Å². The van der Waals surface area contributed by atoms with E-state index in [2.05, 4.69) is 41.4 Å². The summed E-state index contributed by atoms with van der Waals surface area (Å²) < 4.78 is 6.20. The maximum atomic E-state index is 10.0. The van der Waals surface area contributed by atoms with Crippen LogP contribution in [0.4, 0.5) is 0 Å². The third-order valence-electron chi connectivity index (χ3n) is 5.07. The van der Waals surface area contributed by atoms with Crippen molar-refractivity contribution in [2.75, 3.05) is 0 Å². The number of furan rings is 1. The number of allylic oxidation sites excluding steroid dienone is 2. The SMILES string of the molecule is CC(=O)/C=C(/C)O.[Ir].[c-]1ccc(-c2ccccc2)cc1-c1nccc2cc(-c3ccccc3)oc12. The van der Waals surface area contributed by atoms with E-state index in [0.717, 1.165) is 39.1 Å². The van der Waals surface area contributed by atoms with Crippen molar-refractivity contribution in [3.8, 4) is 33.7 Å². The van der Waals surface area contributed by atoms with Gasteiger partial charge in [0.2, 0.25) is 0 Å². The van der Waals surface area contributed by atoms with Gasteiger partial charge in [0.1, 0.15) is 11.3 Å². The maximum Gasteiger partial charge on any atom is 0.155 e. The van der Waals surface area contributed by atoms with Crippen LogP contribution in [0.2, 0.25) is 0 Å². The summed E-state index contributed by atoms with van der Waals surface area (Å²) in [4.78, 5) is 14.6. The van der Waals surface area contributed by atoms with Gasteiger partial charge in [0, 0.05) is 49.0 Å². The van der Waals surface area contributed by atoms with Crippen molar-refractivity contribution < 1.29 is 34.4 Å². The van der Waals surface area contributed by atoms with Crippen LogP contribution < -0.4 is 0 Å². The molecule has 0 saturated heterocycles. The second-order valence-corrected chi connectivity index (χ2v) is 7.81. The normalized spacial score (nSPS) is 10.7. The maximum absolute atomic E-state index is 10.0. The third-order valence-corrected chi connectivity index (χ3v) is 5.07. The van der Waals surface area contributed by atoms with Crippen molar-refractivity contribution in [2.45, 2.75) is 13.8 Å². The molecule has 35 heavy (non-hydrogen) atoms. The zero-order valence-corrected chi connectivity index (χ0v) is 21.8. The molecule has 2 heterocycles. The van der Waals surface area contributed by atoms with Gasteiger partial charge in [-0.05, 0) is 31.5 Å². The van der Waals surface area contributed by atoms with Gasteiger partial charge in [0.15, 0.2) is 5.78 Å². The quantitative estimate of drug-likeness (QED) is 0.125. The molecule has 5 heteroatoms. The Balaban J connectivity index is 0.000000378. The standard InChI is InChI=1S/C25H16NO.C5H8O2.Ir/c1-3-8-18(9-4-1)20-12-7-13-21(16-20)24-25-22(14-15-26-24)17-23(27-25)19-10-5-2-6-11-19;1-4(6)3-5(2)7;/h1-12,14-17H;3,6H,1-2H3;/q-1;;/b;4-3-;. The molecule has 0 aliphatic carbocycles. The molecule has 0 fully saturated rings. The monoisotopic (exact) mass is 639 g/mol. The van der Waals surface area contributed by atoms with Gasteiger partial charge in [0.05, 0.1) is 5.76 Å². The number of nitrogens with zero attached hydrogens (tertiary/aromatic N) is 1. The first kappa shape index (κ1) is 25.8. The average Bonchev–Trinajstić information content (AvgIpc) is 3.29. The van der Waals surface area contributed by atoms with Gasteiger partial charge in [-0.3, -0.25) is 4.79 Å². The average molecular weight is 639 g/mol. The van der Waals surface area contributed by atoms with Gasteiger partial charge >= 0.3 is 0 Å². The van der Waals surface area contributed by atoms with E-state index in [4.69, 9.17) is 9.52 Å². The van der Waals surface area contributed by atoms with Crippen molar-refractivity contribution in [3.05, 3.63) is 115 Å². The molecule has 3 aromatic carbocycles. The Bertz CT molecular complexity index is 1440. The Morgan fingerprint density at radius 3 is 2.14 bits per heavy atom. The Morgan fingerprint density at radius 2 is 1.54 bits per heavy atom. The van der Waals surface area contributed by atoms with Crippen LogP contribution in [0.3, 0.4) is 0 Å². The van der Waals surface area contributed by atoms with E-state index in [-0.39, 0.29) is 31.6 Å². The summed E-state index contributed by atoms with van der Waals surface area (Å²) in [6.07, 6.45) is 2.99. The molecular formula is C30H24IrNO3-. The topological polar surface area (TPSA) is 63.3 Å². The summed E-state index contributed by atoms with van der Waals surface area (Å²) in [5.41, 5.74) is 5.89. The summed E-state index contributed by atoms with van der Waals surface area (Å²) >= 11 is 0. The van der Waals surface area contributed by atoms with Gasteiger partial charge < -0.3 is 14.5 Å². The molecule has 5 aromatic rings. The number of aromatic nitrogens is 1. The van der Waals surface area contributed by atoms with E-state index in [0.29, 0.717) is 0 Å². The number of benzene rings is 3. The predicted molar refractivity (Wildman–Crippen MR) is 136 cm³/mol. The number of carbonyl (C=O) groups is 1. The largest absolute Gasteiger partial charge is 0.512 e. The van der Waals surface area contributed by atoms with E-state index in [1.165, 1.54) is 25.5 Å². The molecule has 0 unspecified atom stereocenters. The minimum absolute atomic E-state index is 0. The van der Waals surface area contributed by atoms with Gasteiger partial charge in [0.25, 0.3) is 0 Å². The van der Waals surface area contributed by atoms with E-state index < -0.39 is 0 Å². The molecule has 0 amide bonds. The van der Waals surface area contributed by atoms with Crippen molar-refractivity contribution in [2.24, 2.45) is 0 Å². The van der Waals surface area contributed by atoms with Crippen LogP contribution in [0, 0.1) is 6.07 Å². The zero-order valence-electron chi connectivity index (χ0n) is 19.4. The van der Waals surface area contributed by atoms with Crippen LogP contribution in [0.1, 0.15) is 13.8 Å². The molecule has 5 rings (SSSR count). The second-order valence-electron chi connectivity index (χ2n) is 7.81. The Kier molecular flexibility index (Phi) is 8.91. The van der Waals surface area contributed by atoms with E-state index in [1.54, 1.807) is 0 Å². The van der Waals surface area contributed by atoms with E-state index in [9.17, 15) is 4.79 Å². The first-order valence-electron chi connectivity index (χ1n) is 10.9. The molecule has 0 aliphatic heterocycles. The number of aliphatic hydroxyl groups excluding tert-OH is 1. The van der Waals surface area contributed by atoms with Gasteiger partial charge in [-0.2, -0.15) is 0 Å². The first-order chi connectivity index (χ1) is 16.5. The fourth-order valence-electron chi connectivity index (χ4n) is 3.61. The summed E-state index contributed by atoms with van der Waals surface area (Å²) in [5, 5.41) is 9.40. The van der Waals surface area contributed by atoms with Crippen LogP contribution in [-0.2, 0) is 24.9 Å². The van der Waals surface area contributed by atoms with Crippen LogP contribution in [0.5, 0.6) is 0 Å². The molecule has 4 nitrogen and oxygen atoms in total. The first-order valence-corrected chi connectivity index (χ1v) is 10.9. The number of pyridine rings is 1.